The second-order valence-electron chi connectivity index (χ2n) is 6.90. The number of carbonyl (C=O) groups excluding carboxylic acids is 1. The van der Waals surface area contributed by atoms with Gasteiger partial charge in [-0.15, -0.1) is 0 Å². The zero-order chi connectivity index (χ0) is 17.1. The summed E-state index contributed by atoms with van der Waals surface area (Å²) in [7, 11) is 0. The SMILES string of the molecule is CCOC(=O)C1C(C)C1CCC(C)OC1OC(C)C(O)CC1O. The molecule has 0 radical (unpaired) electrons. The smallest absolute Gasteiger partial charge is 0.309 e. The van der Waals surface area contributed by atoms with Crippen molar-refractivity contribution in [3.8, 4) is 0 Å². The first-order valence-electron chi connectivity index (χ1n) is 8.68. The Balaban J connectivity index is 1.71. The second kappa shape index (κ2) is 7.92. The fourth-order valence-corrected chi connectivity index (χ4v) is 3.41. The lowest BCUT2D eigenvalue weighted by Gasteiger charge is -2.36. The Labute approximate surface area is 138 Å². The minimum Gasteiger partial charge on any atom is -0.466 e. The van der Waals surface area contributed by atoms with Crippen LogP contribution in [-0.4, -0.2) is 53.5 Å². The quantitative estimate of drug-likeness (QED) is 0.688. The van der Waals surface area contributed by atoms with Crippen molar-refractivity contribution in [2.24, 2.45) is 17.8 Å². The van der Waals surface area contributed by atoms with E-state index in [1.54, 1.807) is 6.92 Å². The molecule has 0 aromatic heterocycles. The molecule has 6 nitrogen and oxygen atoms in total. The van der Waals surface area contributed by atoms with E-state index in [1.165, 1.54) is 0 Å². The van der Waals surface area contributed by atoms with Crippen molar-refractivity contribution >= 4 is 5.97 Å². The predicted octanol–water partition coefficient (Wildman–Crippen LogP) is 1.47. The molecule has 8 unspecified atom stereocenters. The summed E-state index contributed by atoms with van der Waals surface area (Å²) < 4.78 is 16.4. The summed E-state index contributed by atoms with van der Waals surface area (Å²) in [5.74, 6) is 0.659. The van der Waals surface area contributed by atoms with Gasteiger partial charge >= 0.3 is 5.97 Å². The molecule has 8 atom stereocenters. The molecule has 0 aromatic carbocycles. The minimum atomic E-state index is -0.809. The van der Waals surface area contributed by atoms with Crippen LogP contribution in [-0.2, 0) is 19.0 Å². The van der Waals surface area contributed by atoms with Gasteiger partial charge in [0.05, 0.1) is 30.8 Å². The van der Waals surface area contributed by atoms with Crippen LogP contribution in [0.15, 0.2) is 0 Å². The van der Waals surface area contributed by atoms with Gasteiger partial charge in [0.25, 0.3) is 0 Å². The van der Waals surface area contributed by atoms with Gasteiger partial charge in [-0.25, -0.2) is 0 Å². The molecular weight excluding hydrogens is 300 g/mol. The molecule has 6 heteroatoms. The van der Waals surface area contributed by atoms with Crippen LogP contribution in [0.1, 0.15) is 47.0 Å². The van der Waals surface area contributed by atoms with Gasteiger partial charge in [0.1, 0.15) is 6.10 Å². The van der Waals surface area contributed by atoms with Gasteiger partial charge in [0, 0.05) is 6.42 Å². The summed E-state index contributed by atoms with van der Waals surface area (Å²) in [6.07, 6.45) is -0.612. The molecule has 0 amide bonds. The van der Waals surface area contributed by atoms with Crippen molar-refractivity contribution in [1.82, 2.24) is 0 Å². The van der Waals surface area contributed by atoms with E-state index < -0.39 is 18.5 Å². The molecule has 1 heterocycles. The molecule has 2 fully saturated rings. The Kier molecular flexibility index (Phi) is 6.42. The maximum Gasteiger partial charge on any atom is 0.309 e. The van der Waals surface area contributed by atoms with Crippen molar-refractivity contribution in [2.75, 3.05) is 6.61 Å². The van der Waals surface area contributed by atoms with Gasteiger partial charge in [-0.3, -0.25) is 4.79 Å². The average Bonchev–Trinajstić information content (AvgIpc) is 3.13. The van der Waals surface area contributed by atoms with Gasteiger partial charge in [0.15, 0.2) is 6.29 Å². The highest BCUT2D eigenvalue weighted by atomic mass is 16.7. The maximum atomic E-state index is 11.8. The van der Waals surface area contributed by atoms with Crippen molar-refractivity contribution in [3.63, 3.8) is 0 Å². The van der Waals surface area contributed by atoms with Gasteiger partial charge in [0.2, 0.25) is 0 Å². The van der Waals surface area contributed by atoms with Gasteiger partial charge in [-0.05, 0) is 45.4 Å². The fourth-order valence-electron chi connectivity index (χ4n) is 3.41. The maximum absolute atomic E-state index is 11.8. The highest BCUT2D eigenvalue weighted by molar-refractivity contribution is 5.76. The number of aliphatic hydroxyl groups is 2. The molecule has 1 saturated carbocycles. The van der Waals surface area contributed by atoms with E-state index in [-0.39, 0.29) is 30.5 Å². The van der Waals surface area contributed by atoms with E-state index in [0.717, 1.165) is 12.8 Å². The number of hydrogen-bond acceptors (Lipinski definition) is 6. The summed E-state index contributed by atoms with van der Waals surface area (Å²) in [5.41, 5.74) is 0. The molecule has 2 rings (SSSR count). The molecule has 0 spiro atoms. The van der Waals surface area contributed by atoms with E-state index in [2.05, 4.69) is 6.92 Å². The Morgan fingerprint density at radius 3 is 2.65 bits per heavy atom. The summed E-state index contributed by atoms with van der Waals surface area (Å²) >= 11 is 0. The normalized spacial score (nSPS) is 41.4. The van der Waals surface area contributed by atoms with Crippen LogP contribution in [0.3, 0.4) is 0 Å². The van der Waals surface area contributed by atoms with Crippen LogP contribution >= 0.6 is 0 Å². The largest absolute Gasteiger partial charge is 0.466 e. The van der Waals surface area contributed by atoms with Crippen LogP contribution in [0, 0.1) is 17.8 Å². The number of rotatable bonds is 7. The zero-order valence-corrected chi connectivity index (χ0v) is 14.5. The monoisotopic (exact) mass is 330 g/mol. The summed E-state index contributed by atoms with van der Waals surface area (Å²) in [4.78, 5) is 11.8. The Morgan fingerprint density at radius 1 is 1.30 bits per heavy atom. The van der Waals surface area contributed by atoms with E-state index >= 15 is 0 Å². The topological polar surface area (TPSA) is 85.2 Å². The predicted molar refractivity (Wildman–Crippen MR) is 83.5 cm³/mol. The standard InChI is InChI=1S/C17H30O6/c1-5-21-16(20)15-10(3)12(15)7-6-9(2)22-17-14(19)8-13(18)11(4)23-17/h9-15,17-19H,5-8H2,1-4H3. The highest BCUT2D eigenvalue weighted by Crippen LogP contribution is 2.49. The third-order valence-electron chi connectivity index (χ3n) is 5.08. The lowest BCUT2D eigenvalue weighted by Crippen LogP contribution is -2.48. The third-order valence-corrected chi connectivity index (χ3v) is 5.08. The lowest BCUT2D eigenvalue weighted by molar-refractivity contribution is -0.273. The lowest BCUT2D eigenvalue weighted by atomic mass is 10.0. The summed E-state index contributed by atoms with van der Waals surface area (Å²) in [6, 6.07) is 0. The fraction of sp³-hybridized carbons (Fsp3) is 0.941. The molecule has 1 aliphatic carbocycles. The third kappa shape index (κ3) is 4.66. The number of ether oxygens (including phenoxy) is 3. The molecule has 2 N–H and O–H groups in total. The molecule has 2 aliphatic rings. The van der Waals surface area contributed by atoms with E-state index in [0.29, 0.717) is 18.4 Å². The first-order valence-corrected chi connectivity index (χ1v) is 8.68. The van der Waals surface area contributed by atoms with Gasteiger partial charge in [-0.1, -0.05) is 6.92 Å². The summed E-state index contributed by atoms with van der Waals surface area (Å²) in [6.45, 7) is 8.04. The molecule has 23 heavy (non-hydrogen) atoms. The van der Waals surface area contributed by atoms with E-state index in [1.807, 2.05) is 13.8 Å². The van der Waals surface area contributed by atoms with Crippen LogP contribution in [0.2, 0.25) is 0 Å². The molecule has 0 aromatic rings. The highest BCUT2D eigenvalue weighted by Gasteiger charge is 2.52. The molecule has 1 saturated heterocycles. The minimum absolute atomic E-state index is 0.0221. The average molecular weight is 330 g/mol. The molecule has 0 bridgehead atoms. The van der Waals surface area contributed by atoms with Crippen LogP contribution < -0.4 is 0 Å². The zero-order valence-electron chi connectivity index (χ0n) is 14.5. The molecule has 134 valence electrons. The summed E-state index contributed by atoms with van der Waals surface area (Å²) in [5, 5.41) is 19.6. The van der Waals surface area contributed by atoms with Gasteiger partial charge in [-0.2, -0.15) is 0 Å². The van der Waals surface area contributed by atoms with Crippen molar-refractivity contribution < 1.29 is 29.2 Å². The van der Waals surface area contributed by atoms with Crippen LogP contribution in [0.25, 0.3) is 0 Å². The molecule has 1 aliphatic heterocycles. The number of aliphatic hydroxyl groups excluding tert-OH is 2. The van der Waals surface area contributed by atoms with Crippen molar-refractivity contribution in [3.05, 3.63) is 0 Å². The van der Waals surface area contributed by atoms with Gasteiger partial charge < -0.3 is 24.4 Å². The Morgan fingerprint density at radius 2 is 2.00 bits per heavy atom. The van der Waals surface area contributed by atoms with E-state index in [4.69, 9.17) is 14.2 Å². The Hall–Kier alpha value is -0.690. The van der Waals surface area contributed by atoms with Crippen molar-refractivity contribution in [2.45, 2.75) is 77.7 Å². The second-order valence-corrected chi connectivity index (χ2v) is 6.90. The Bertz CT molecular complexity index is 401. The van der Waals surface area contributed by atoms with E-state index in [9.17, 15) is 15.0 Å². The first kappa shape index (κ1) is 18.6. The van der Waals surface area contributed by atoms with Crippen LogP contribution in [0.4, 0.5) is 0 Å². The number of esters is 1. The molecular formula is C17H30O6. The van der Waals surface area contributed by atoms with Crippen molar-refractivity contribution in [1.29, 1.82) is 0 Å². The number of carbonyl (C=O) groups is 1. The van der Waals surface area contributed by atoms with Crippen LogP contribution in [0.5, 0.6) is 0 Å². The number of hydrogen-bond donors (Lipinski definition) is 2. The first-order chi connectivity index (χ1) is 10.8.